The summed E-state index contributed by atoms with van der Waals surface area (Å²) in [6.45, 7) is 4.83. The normalized spacial score (nSPS) is 13.1. The van der Waals surface area contributed by atoms with Gasteiger partial charge in [-0.3, -0.25) is 0 Å². The van der Waals surface area contributed by atoms with E-state index in [2.05, 4.69) is 11.8 Å². The van der Waals surface area contributed by atoms with Crippen molar-refractivity contribution in [2.75, 3.05) is 26.2 Å². The summed E-state index contributed by atoms with van der Waals surface area (Å²) in [5, 5.41) is 26.2. The van der Waals surface area contributed by atoms with Crippen LogP contribution in [0.25, 0.3) is 0 Å². The standard InChI is InChI=1S/C11H27BN2O3/c1-2-14(9-10-15)8-6-11(13)5-3-4-7-12(16)17/h11,15-17H,2-10,13H2,1H3. The lowest BCUT2D eigenvalue weighted by molar-refractivity contribution is 0.197. The Hall–Kier alpha value is -0.135. The van der Waals surface area contributed by atoms with Crippen LogP contribution in [-0.2, 0) is 0 Å². The van der Waals surface area contributed by atoms with Crippen molar-refractivity contribution in [1.29, 1.82) is 0 Å². The van der Waals surface area contributed by atoms with Gasteiger partial charge in [0.15, 0.2) is 0 Å². The van der Waals surface area contributed by atoms with Gasteiger partial charge >= 0.3 is 7.12 Å². The molecule has 0 radical (unpaired) electrons. The maximum absolute atomic E-state index is 8.84. The van der Waals surface area contributed by atoms with Crippen LogP contribution in [0.15, 0.2) is 0 Å². The van der Waals surface area contributed by atoms with Crippen LogP contribution >= 0.6 is 0 Å². The number of aliphatic hydroxyl groups is 1. The highest BCUT2D eigenvalue weighted by molar-refractivity contribution is 6.40. The molecule has 1 unspecified atom stereocenters. The first-order valence-corrected chi connectivity index (χ1v) is 6.55. The molecule has 0 aliphatic heterocycles. The average molecular weight is 246 g/mol. The van der Waals surface area contributed by atoms with E-state index in [-0.39, 0.29) is 12.6 Å². The molecule has 0 spiro atoms. The Balaban J connectivity index is 3.47. The third-order valence-corrected chi connectivity index (χ3v) is 2.97. The van der Waals surface area contributed by atoms with Gasteiger partial charge in [0.1, 0.15) is 0 Å². The molecule has 17 heavy (non-hydrogen) atoms. The lowest BCUT2D eigenvalue weighted by Gasteiger charge is -2.21. The average Bonchev–Trinajstić information content (AvgIpc) is 2.29. The Bertz CT molecular complexity index is 173. The van der Waals surface area contributed by atoms with Gasteiger partial charge in [-0.2, -0.15) is 0 Å². The van der Waals surface area contributed by atoms with E-state index in [1.807, 2.05) is 0 Å². The van der Waals surface area contributed by atoms with Gasteiger partial charge in [-0.15, -0.1) is 0 Å². The van der Waals surface area contributed by atoms with Crippen LogP contribution in [0.1, 0.15) is 32.6 Å². The van der Waals surface area contributed by atoms with E-state index in [9.17, 15) is 0 Å². The molecule has 0 rings (SSSR count). The van der Waals surface area contributed by atoms with E-state index in [1.54, 1.807) is 0 Å². The van der Waals surface area contributed by atoms with Crippen molar-refractivity contribution in [1.82, 2.24) is 4.90 Å². The maximum Gasteiger partial charge on any atom is 0.451 e. The first-order valence-electron chi connectivity index (χ1n) is 6.55. The zero-order valence-corrected chi connectivity index (χ0v) is 10.9. The van der Waals surface area contributed by atoms with E-state index in [0.29, 0.717) is 12.9 Å². The van der Waals surface area contributed by atoms with Crippen molar-refractivity contribution in [2.24, 2.45) is 5.73 Å². The largest absolute Gasteiger partial charge is 0.451 e. The molecule has 0 aromatic carbocycles. The van der Waals surface area contributed by atoms with Gasteiger partial charge in [0, 0.05) is 12.6 Å². The van der Waals surface area contributed by atoms with Gasteiger partial charge in [-0.05, 0) is 32.3 Å². The summed E-state index contributed by atoms with van der Waals surface area (Å²) < 4.78 is 0. The van der Waals surface area contributed by atoms with Gasteiger partial charge in [0.2, 0.25) is 0 Å². The highest BCUT2D eigenvalue weighted by atomic mass is 16.4. The zero-order chi connectivity index (χ0) is 13.1. The van der Waals surface area contributed by atoms with Crippen LogP contribution in [0, 0.1) is 0 Å². The Morgan fingerprint density at radius 2 is 1.88 bits per heavy atom. The Morgan fingerprint density at radius 1 is 1.18 bits per heavy atom. The third kappa shape index (κ3) is 10.7. The van der Waals surface area contributed by atoms with Gasteiger partial charge in [-0.25, -0.2) is 0 Å². The van der Waals surface area contributed by atoms with Crippen molar-refractivity contribution < 1.29 is 15.2 Å². The molecule has 5 N–H and O–H groups in total. The van der Waals surface area contributed by atoms with Crippen molar-refractivity contribution in [3.8, 4) is 0 Å². The molecule has 5 nitrogen and oxygen atoms in total. The minimum Gasteiger partial charge on any atom is -0.427 e. The van der Waals surface area contributed by atoms with Gasteiger partial charge in [-0.1, -0.05) is 19.8 Å². The summed E-state index contributed by atoms with van der Waals surface area (Å²) >= 11 is 0. The Labute approximate surface area is 105 Å². The first-order chi connectivity index (χ1) is 8.10. The smallest absolute Gasteiger partial charge is 0.427 e. The van der Waals surface area contributed by atoms with Gasteiger partial charge in [0.25, 0.3) is 0 Å². The molecule has 0 saturated heterocycles. The van der Waals surface area contributed by atoms with E-state index >= 15 is 0 Å². The highest BCUT2D eigenvalue weighted by Crippen LogP contribution is 2.06. The third-order valence-electron chi connectivity index (χ3n) is 2.97. The Morgan fingerprint density at radius 3 is 2.41 bits per heavy atom. The van der Waals surface area contributed by atoms with Crippen LogP contribution in [0.4, 0.5) is 0 Å². The number of hydrogen-bond donors (Lipinski definition) is 4. The number of nitrogens with two attached hydrogens (primary N) is 1. The summed E-state index contributed by atoms with van der Waals surface area (Å²) in [4.78, 5) is 2.18. The van der Waals surface area contributed by atoms with Crippen LogP contribution in [0.2, 0.25) is 6.32 Å². The van der Waals surface area contributed by atoms with Crippen LogP contribution < -0.4 is 5.73 Å². The molecule has 0 fully saturated rings. The minimum absolute atomic E-state index is 0.165. The van der Waals surface area contributed by atoms with E-state index in [0.717, 1.165) is 38.8 Å². The number of likely N-dealkylation sites (N-methyl/N-ethyl adjacent to an activating group) is 1. The first kappa shape index (κ1) is 16.9. The zero-order valence-electron chi connectivity index (χ0n) is 10.9. The summed E-state index contributed by atoms with van der Waals surface area (Å²) in [7, 11) is -1.19. The second-order valence-electron chi connectivity index (χ2n) is 4.47. The highest BCUT2D eigenvalue weighted by Gasteiger charge is 2.08. The Kier molecular flexibility index (Phi) is 10.9. The maximum atomic E-state index is 8.84. The summed E-state index contributed by atoms with van der Waals surface area (Å²) in [5.41, 5.74) is 5.98. The fourth-order valence-corrected chi connectivity index (χ4v) is 1.80. The van der Waals surface area contributed by atoms with Crippen LogP contribution in [-0.4, -0.2) is 59.5 Å². The van der Waals surface area contributed by atoms with Crippen molar-refractivity contribution in [2.45, 2.75) is 45.0 Å². The molecule has 1 atom stereocenters. The van der Waals surface area contributed by atoms with E-state index in [4.69, 9.17) is 20.9 Å². The van der Waals surface area contributed by atoms with Crippen LogP contribution in [0.5, 0.6) is 0 Å². The predicted octanol–water partition coefficient (Wildman–Crippen LogP) is -0.339. The number of aliphatic hydroxyl groups excluding tert-OH is 1. The molecule has 0 saturated carbocycles. The monoisotopic (exact) mass is 246 g/mol. The van der Waals surface area contributed by atoms with Crippen molar-refractivity contribution in [3.63, 3.8) is 0 Å². The second kappa shape index (κ2) is 11.0. The van der Waals surface area contributed by atoms with Crippen LogP contribution in [0.3, 0.4) is 0 Å². The molecule has 0 heterocycles. The predicted molar refractivity (Wildman–Crippen MR) is 70.6 cm³/mol. The fraction of sp³-hybridized carbons (Fsp3) is 1.00. The van der Waals surface area contributed by atoms with E-state index in [1.165, 1.54) is 0 Å². The lowest BCUT2D eigenvalue weighted by Crippen LogP contribution is -2.32. The topological polar surface area (TPSA) is 90.0 Å². The summed E-state index contributed by atoms with van der Waals surface area (Å²) in [6.07, 6.45) is 4.02. The number of nitrogens with zero attached hydrogens (tertiary/aromatic N) is 1. The number of unbranched alkanes of at least 4 members (excludes halogenated alkanes) is 1. The number of rotatable bonds is 11. The van der Waals surface area contributed by atoms with Crippen molar-refractivity contribution >= 4 is 7.12 Å². The molecule has 6 heteroatoms. The molecule has 0 aliphatic carbocycles. The van der Waals surface area contributed by atoms with Crippen molar-refractivity contribution in [3.05, 3.63) is 0 Å². The second-order valence-corrected chi connectivity index (χ2v) is 4.47. The molecular weight excluding hydrogens is 219 g/mol. The quantitative estimate of drug-likeness (QED) is 0.296. The number of hydrogen-bond acceptors (Lipinski definition) is 5. The molecule has 102 valence electrons. The van der Waals surface area contributed by atoms with Gasteiger partial charge in [0.05, 0.1) is 6.61 Å². The molecule has 0 bridgehead atoms. The minimum atomic E-state index is -1.19. The molecule has 0 amide bonds. The summed E-state index contributed by atoms with van der Waals surface area (Å²) in [5.74, 6) is 0. The van der Waals surface area contributed by atoms with Gasteiger partial charge < -0.3 is 25.8 Å². The fourth-order valence-electron chi connectivity index (χ4n) is 1.80. The molecule has 0 aliphatic rings. The lowest BCUT2D eigenvalue weighted by atomic mass is 9.83. The molecular formula is C11H27BN2O3. The molecule has 0 aromatic heterocycles. The SMILES string of the molecule is CCN(CCO)CCC(N)CCCCB(O)O. The summed E-state index contributed by atoms with van der Waals surface area (Å²) in [6, 6.07) is 0.165. The van der Waals surface area contributed by atoms with E-state index < -0.39 is 7.12 Å². The molecule has 0 aromatic rings.